The fourth-order valence-electron chi connectivity index (χ4n) is 4.02. The van der Waals surface area contributed by atoms with Crippen molar-refractivity contribution in [2.24, 2.45) is 17.8 Å². The van der Waals surface area contributed by atoms with E-state index in [0.29, 0.717) is 10.7 Å². The average molecular weight is 291 g/mol. The van der Waals surface area contributed by atoms with E-state index in [-0.39, 0.29) is 0 Å². The van der Waals surface area contributed by atoms with Crippen molar-refractivity contribution in [2.75, 3.05) is 23.9 Å². The molecule has 1 nitrogen and oxygen atoms in total. The van der Waals surface area contributed by atoms with Crippen LogP contribution in [0.1, 0.15) is 26.2 Å². The molecule has 0 aromatic carbocycles. The van der Waals surface area contributed by atoms with Gasteiger partial charge in [-0.3, -0.25) is 0 Å². The van der Waals surface area contributed by atoms with Crippen molar-refractivity contribution in [2.45, 2.75) is 35.5 Å². The third-order valence-corrected chi connectivity index (χ3v) is 9.71. The Morgan fingerprint density at radius 1 is 1.18 bits per heavy atom. The molecule has 0 amide bonds. The van der Waals surface area contributed by atoms with E-state index in [4.69, 9.17) is 5.11 Å². The van der Waals surface area contributed by atoms with Gasteiger partial charge in [0.25, 0.3) is 0 Å². The quantitative estimate of drug-likeness (QED) is 0.856. The first-order valence-electron chi connectivity index (χ1n) is 6.73. The van der Waals surface area contributed by atoms with Crippen molar-refractivity contribution < 1.29 is 5.11 Å². The average Bonchev–Trinajstić information content (AvgIpc) is 3.00. The smallest absolute Gasteiger partial charge is 0.0614 e. The lowest BCUT2D eigenvalue weighted by Gasteiger charge is -2.37. The molecule has 4 atom stereocenters. The summed E-state index contributed by atoms with van der Waals surface area (Å²) < 4.78 is 0.534. The SMILES string of the molecule is CC1(C2CC3CC2CC3SCCO)SCCS1. The van der Waals surface area contributed by atoms with E-state index in [1.54, 1.807) is 0 Å². The second kappa shape index (κ2) is 5.18. The van der Waals surface area contributed by atoms with Crippen LogP contribution < -0.4 is 0 Å². The number of aliphatic hydroxyl groups is 1. The minimum atomic E-state index is 0.353. The highest BCUT2D eigenvalue weighted by atomic mass is 32.2. The summed E-state index contributed by atoms with van der Waals surface area (Å²) in [6.07, 6.45) is 4.37. The highest BCUT2D eigenvalue weighted by Crippen LogP contribution is 2.62. The van der Waals surface area contributed by atoms with Gasteiger partial charge in [-0.2, -0.15) is 11.8 Å². The van der Waals surface area contributed by atoms with Gasteiger partial charge in [0.2, 0.25) is 0 Å². The van der Waals surface area contributed by atoms with Gasteiger partial charge in [-0.1, -0.05) is 0 Å². The summed E-state index contributed by atoms with van der Waals surface area (Å²) in [5.74, 6) is 6.57. The molecule has 1 N–H and O–H groups in total. The van der Waals surface area contributed by atoms with E-state index in [0.717, 1.165) is 28.8 Å². The van der Waals surface area contributed by atoms with Gasteiger partial charge in [-0.05, 0) is 43.9 Å². The molecule has 17 heavy (non-hydrogen) atoms. The van der Waals surface area contributed by atoms with Crippen molar-refractivity contribution in [3.05, 3.63) is 0 Å². The zero-order chi connectivity index (χ0) is 11.9. The molecule has 0 aromatic heterocycles. The highest BCUT2D eigenvalue weighted by molar-refractivity contribution is 8.21. The van der Waals surface area contributed by atoms with Crippen LogP contribution in [0.3, 0.4) is 0 Å². The van der Waals surface area contributed by atoms with E-state index < -0.39 is 0 Å². The molecule has 3 rings (SSSR count). The summed E-state index contributed by atoms with van der Waals surface area (Å²) in [4.78, 5) is 0. The van der Waals surface area contributed by atoms with E-state index >= 15 is 0 Å². The van der Waals surface area contributed by atoms with Crippen molar-refractivity contribution in [3.63, 3.8) is 0 Å². The number of fused-ring (bicyclic) bond motifs is 2. The Morgan fingerprint density at radius 3 is 2.53 bits per heavy atom. The molecule has 3 fully saturated rings. The van der Waals surface area contributed by atoms with Gasteiger partial charge in [-0.25, -0.2) is 0 Å². The Morgan fingerprint density at radius 2 is 1.94 bits per heavy atom. The number of thioether (sulfide) groups is 3. The molecule has 0 aromatic rings. The lowest BCUT2D eigenvalue weighted by atomic mass is 9.86. The standard InChI is InChI=1S/C13H22OS3/c1-13(16-4-5-17-13)11-7-10-6-9(11)8-12(10)15-3-2-14/h9-12,14H,2-8H2,1H3. The molecule has 2 saturated carbocycles. The molecule has 0 radical (unpaired) electrons. The molecule has 0 spiro atoms. The first-order valence-corrected chi connectivity index (χ1v) is 9.75. The Kier molecular flexibility index (Phi) is 3.97. The zero-order valence-corrected chi connectivity index (χ0v) is 12.9. The van der Waals surface area contributed by atoms with Crippen LogP contribution in [0.4, 0.5) is 0 Å². The van der Waals surface area contributed by atoms with Gasteiger partial charge in [0.15, 0.2) is 0 Å². The van der Waals surface area contributed by atoms with Crippen LogP contribution in [0.5, 0.6) is 0 Å². The summed E-state index contributed by atoms with van der Waals surface area (Å²) in [7, 11) is 0. The Hall–Kier alpha value is 1.01. The van der Waals surface area contributed by atoms with Gasteiger partial charge in [0.1, 0.15) is 0 Å². The second-order valence-corrected chi connectivity index (χ2v) is 10.4. The molecular weight excluding hydrogens is 268 g/mol. The summed E-state index contributed by atoms with van der Waals surface area (Å²) in [6.45, 7) is 2.85. The van der Waals surface area contributed by atoms with Crippen LogP contribution in [-0.4, -0.2) is 38.3 Å². The lowest BCUT2D eigenvalue weighted by Crippen LogP contribution is -2.32. The van der Waals surface area contributed by atoms with E-state index in [2.05, 4.69) is 30.4 Å². The van der Waals surface area contributed by atoms with E-state index in [9.17, 15) is 0 Å². The summed E-state index contributed by atoms with van der Waals surface area (Å²) in [5, 5.41) is 9.80. The molecule has 2 aliphatic carbocycles. The number of aliphatic hydroxyl groups excluding tert-OH is 1. The van der Waals surface area contributed by atoms with Crippen LogP contribution >= 0.6 is 35.3 Å². The molecule has 4 heteroatoms. The number of rotatable bonds is 4. The molecule has 4 unspecified atom stereocenters. The van der Waals surface area contributed by atoms with Gasteiger partial charge in [-0.15, -0.1) is 23.5 Å². The lowest BCUT2D eigenvalue weighted by molar-refractivity contribution is 0.316. The summed E-state index contributed by atoms with van der Waals surface area (Å²) in [5.41, 5.74) is 0. The van der Waals surface area contributed by atoms with Crippen molar-refractivity contribution in [1.29, 1.82) is 0 Å². The van der Waals surface area contributed by atoms with Gasteiger partial charge in [0.05, 0.1) is 10.7 Å². The summed E-state index contributed by atoms with van der Waals surface area (Å²) in [6, 6.07) is 0. The van der Waals surface area contributed by atoms with Crippen LogP contribution in [0.2, 0.25) is 0 Å². The molecule has 1 saturated heterocycles. The Bertz CT molecular complexity index is 278. The molecule has 98 valence electrons. The van der Waals surface area contributed by atoms with Crippen molar-refractivity contribution in [3.8, 4) is 0 Å². The van der Waals surface area contributed by atoms with Gasteiger partial charge >= 0.3 is 0 Å². The number of hydrogen-bond acceptors (Lipinski definition) is 4. The monoisotopic (exact) mass is 290 g/mol. The normalized spacial score (nSPS) is 43.4. The highest BCUT2D eigenvalue weighted by Gasteiger charge is 2.53. The third-order valence-electron chi connectivity index (χ3n) is 4.75. The van der Waals surface area contributed by atoms with E-state index in [1.807, 2.05) is 11.8 Å². The fraction of sp³-hybridized carbons (Fsp3) is 1.00. The Labute approximate surface area is 117 Å². The maximum absolute atomic E-state index is 8.93. The minimum absolute atomic E-state index is 0.353. The zero-order valence-electron chi connectivity index (χ0n) is 10.4. The largest absolute Gasteiger partial charge is 0.396 e. The molecule has 1 heterocycles. The number of hydrogen-bond donors (Lipinski definition) is 1. The topological polar surface area (TPSA) is 20.2 Å². The second-order valence-electron chi connectivity index (χ2n) is 5.68. The van der Waals surface area contributed by atoms with Gasteiger partial charge in [0, 0.05) is 22.5 Å². The molecule has 1 aliphatic heterocycles. The summed E-state index contributed by atoms with van der Waals surface area (Å²) >= 11 is 6.46. The van der Waals surface area contributed by atoms with Gasteiger partial charge < -0.3 is 5.11 Å². The third kappa shape index (κ3) is 2.39. The maximum atomic E-state index is 8.93. The fourth-order valence-corrected chi connectivity index (χ4v) is 8.62. The molecule has 3 aliphatic rings. The Balaban J connectivity index is 1.60. The van der Waals surface area contributed by atoms with Crippen molar-refractivity contribution >= 4 is 35.3 Å². The van der Waals surface area contributed by atoms with E-state index in [1.165, 1.54) is 30.8 Å². The van der Waals surface area contributed by atoms with Crippen molar-refractivity contribution in [1.82, 2.24) is 0 Å². The van der Waals surface area contributed by atoms with Crippen LogP contribution in [0, 0.1) is 17.8 Å². The maximum Gasteiger partial charge on any atom is 0.0614 e. The molecule has 2 bridgehead atoms. The minimum Gasteiger partial charge on any atom is -0.396 e. The van der Waals surface area contributed by atoms with Crippen LogP contribution in [0.25, 0.3) is 0 Å². The first-order chi connectivity index (χ1) is 8.23. The predicted octanol–water partition coefficient (Wildman–Crippen LogP) is 3.32. The van der Waals surface area contributed by atoms with Crippen LogP contribution in [-0.2, 0) is 0 Å². The molecular formula is C13H22OS3. The first kappa shape index (κ1) is 13.0. The predicted molar refractivity (Wildman–Crippen MR) is 81.0 cm³/mol. The van der Waals surface area contributed by atoms with Crippen LogP contribution in [0.15, 0.2) is 0 Å².